The van der Waals surface area contributed by atoms with E-state index in [-0.39, 0.29) is 12.0 Å². The summed E-state index contributed by atoms with van der Waals surface area (Å²) in [4.78, 5) is 22.5. The Hall–Kier alpha value is -2.75. The number of nitrogen functional groups attached to an aromatic ring is 1. The van der Waals surface area contributed by atoms with Crippen molar-refractivity contribution in [2.45, 2.75) is 50.1 Å². The number of primary amides is 1. The summed E-state index contributed by atoms with van der Waals surface area (Å²) in [7, 11) is 0. The quantitative estimate of drug-likeness (QED) is 0.501. The van der Waals surface area contributed by atoms with Gasteiger partial charge in [0.05, 0.1) is 5.25 Å². The molecule has 1 aromatic heterocycles. The summed E-state index contributed by atoms with van der Waals surface area (Å²) in [6.45, 7) is 8.16. The average Bonchev–Trinajstić information content (AvgIpc) is 2.92. The molecule has 10 heteroatoms. The summed E-state index contributed by atoms with van der Waals surface area (Å²) in [5.74, 6) is 6.52. The average molecular weight is 392 g/mol. The Morgan fingerprint density at radius 2 is 1.89 bits per heavy atom. The molecule has 146 valence electrons. The maximum atomic E-state index is 11.7. The predicted molar refractivity (Wildman–Crippen MR) is 103 cm³/mol. The zero-order valence-corrected chi connectivity index (χ0v) is 16.5. The number of amides is 3. The Labute approximate surface area is 161 Å². The molecule has 0 aliphatic rings. The van der Waals surface area contributed by atoms with Crippen LogP contribution in [0.1, 0.15) is 39.1 Å². The van der Waals surface area contributed by atoms with Gasteiger partial charge in [-0.25, -0.2) is 9.47 Å². The number of benzene rings is 1. The fourth-order valence-corrected chi connectivity index (χ4v) is 2.91. The van der Waals surface area contributed by atoms with Gasteiger partial charge in [-0.3, -0.25) is 10.1 Å². The molecule has 0 bridgehead atoms. The van der Waals surface area contributed by atoms with Crippen molar-refractivity contribution in [1.29, 1.82) is 0 Å². The van der Waals surface area contributed by atoms with Gasteiger partial charge in [0.15, 0.2) is 5.82 Å². The van der Waals surface area contributed by atoms with Gasteiger partial charge >= 0.3 is 6.03 Å². The highest BCUT2D eigenvalue weighted by molar-refractivity contribution is 8.00. The Kier molecular flexibility index (Phi) is 6.32. The molecule has 2 aromatic rings. The van der Waals surface area contributed by atoms with Gasteiger partial charge in [0.25, 0.3) is 0 Å². The molecule has 1 aromatic carbocycles. The van der Waals surface area contributed by atoms with Crippen LogP contribution in [0.5, 0.6) is 5.75 Å². The molecule has 3 amide bonds. The summed E-state index contributed by atoms with van der Waals surface area (Å²) in [5.41, 5.74) is 6.21. The summed E-state index contributed by atoms with van der Waals surface area (Å²) in [5, 5.41) is 9.64. The van der Waals surface area contributed by atoms with Crippen LogP contribution in [0.25, 0.3) is 0 Å². The zero-order chi connectivity index (χ0) is 20.2. The second-order valence-corrected chi connectivity index (χ2v) is 8.25. The number of urea groups is 1. The first-order valence-corrected chi connectivity index (χ1v) is 9.15. The van der Waals surface area contributed by atoms with E-state index < -0.39 is 17.2 Å². The van der Waals surface area contributed by atoms with Gasteiger partial charge in [-0.2, -0.15) is 0 Å². The molecule has 0 aliphatic heterocycles. The molecule has 0 saturated heterocycles. The number of carbonyl (C=O) groups is 2. The second kappa shape index (κ2) is 8.30. The third kappa shape index (κ3) is 5.61. The van der Waals surface area contributed by atoms with Crippen molar-refractivity contribution in [2.75, 3.05) is 5.84 Å². The number of ether oxygens (including phenoxy) is 1. The van der Waals surface area contributed by atoms with Crippen LogP contribution in [0.4, 0.5) is 4.79 Å². The Morgan fingerprint density at radius 3 is 2.44 bits per heavy atom. The lowest BCUT2D eigenvalue weighted by Gasteiger charge is -2.19. The van der Waals surface area contributed by atoms with Gasteiger partial charge in [-0.15, -0.1) is 10.2 Å². The number of hydrogen-bond donors (Lipinski definition) is 3. The topological polar surface area (TPSA) is 138 Å². The summed E-state index contributed by atoms with van der Waals surface area (Å²) < 4.78 is 6.96. The maximum Gasteiger partial charge on any atom is 0.318 e. The fraction of sp³-hybridized carbons (Fsp3) is 0.412. The van der Waals surface area contributed by atoms with Crippen molar-refractivity contribution in [2.24, 2.45) is 5.73 Å². The largest absolute Gasteiger partial charge is 0.486 e. The highest BCUT2D eigenvalue weighted by atomic mass is 32.2. The number of nitrogens with zero attached hydrogens (tertiary/aromatic N) is 3. The van der Waals surface area contributed by atoms with Crippen molar-refractivity contribution < 1.29 is 14.3 Å². The molecule has 27 heavy (non-hydrogen) atoms. The molecule has 0 radical (unpaired) electrons. The molecule has 5 N–H and O–H groups in total. The van der Waals surface area contributed by atoms with Crippen molar-refractivity contribution in [3.8, 4) is 5.75 Å². The molecule has 0 spiro atoms. The molecule has 0 fully saturated rings. The van der Waals surface area contributed by atoms with Crippen LogP contribution in [-0.2, 0) is 16.8 Å². The van der Waals surface area contributed by atoms with Crippen LogP contribution >= 0.6 is 11.8 Å². The van der Waals surface area contributed by atoms with Gasteiger partial charge in [-0.1, -0.05) is 44.7 Å². The number of hydrogen-bond acceptors (Lipinski definition) is 7. The Balaban J connectivity index is 1.97. The number of nitrogens with one attached hydrogen (secondary N) is 1. The zero-order valence-electron chi connectivity index (χ0n) is 15.7. The fourth-order valence-electron chi connectivity index (χ4n) is 2.12. The van der Waals surface area contributed by atoms with Crippen LogP contribution in [0, 0.1) is 0 Å². The molecule has 0 saturated carbocycles. The summed E-state index contributed by atoms with van der Waals surface area (Å²) in [6.07, 6.45) is 0. The lowest BCUT2D eigenvalue weighted by Crippen LogP contribution is -2.39. The lowest BCUT2D eigenvalue weighted by molar-refractivity contribution is -0.119. The predicted octanol–water partition coefficient (Wildman–Crippen LogP) is 1.54. The standard InChI is InChI=1S/C17H24N6O3S/c1-10(14(24)20-15(18)25)27-16-22-21-13(23(16)19)9-26-12-7-5-11(6-8-12)17(2,3)4/h5-8,10H,9,19H2,1-4H3,(H3,18,20,24,25)/t10-/m1/s1. The van der Waals surface area contributed by atoms with E-state index in [0.29, 0.717) is 16.7 Å². The van der Waals surface area contributed by atoms with E-state index in [9.17, 15) is 9.59 Å². The van der Waals surface area contributed by atoms with Gasteiger partial charge in [0.1, 0.15) is 12.4 Å². The first-order chi connectivity index (χ1) is 12.6. The monoisotopic (exact) mass is 392 g/mol. The minimum Gasteiger partial charge on any atom is -0.486 e. The third-order valence-electron chi connectivity index (χ3n) is 3.72. The van der Waals surface area contributed by atoms with Gasteiger partial charge in [-0.05, 0) is 30.0 Å². The smallest absolute Gasteiger partial charge is 0.318 e. The maximum absolute atomic E-state index is 11.7. The first kappa shape index (κ1) is 20.6. The Bertz CT molecular complexity index is 813. The van der Waals surface area contributed by atoms with E-state index in [1.165, 1.54) is 10.2 Å². The van der Waals surface area contributed by atoms with Crippen molar-refractivity contribution in [1.82, 2.24) is 20.2 Å². The molecular formula is C17H24N6O3S. The van der Waals surface area contributed by atoms with Gasteiger partial charge in [0, 0.05) is 0 Å². The highest BCUT2D eigenvalue weighted by Crippen LogP contribution is 2.25. The van der Waals surface area contributed by atoms with Crippen LogP contribution in [0.2, 0.25) is 0 Å². The minimum atomic E-state index is -0.909. The number of nitrogens with two attached hydrogens (primary N) is 2. The van der Waals surface area contributed by atoms with E-state index in [0.717, 1.165) is 11.8 Å². The van der Waals surface area contributed by atoms with Crippen LogP contribution < -0.4 is 21.6 Å². The van der Waals surface area contributed by atoms with Crippen molar-refractivity contribution in [3.05, 3.63) is 35.7 Å². The second-order valence-electron chi connectivity index (χ2n) is 6.95. The Morgan fingerprint density at radius 1 is 1.26 bits per heavy atom. The molecule has 1 heterocycles. The normalized spacial score (nSPS) is 12.4. The summed E-state index contributed by atoms with van der Waals surface area (Å²) in [6, 6.07) is 6.91. The van der Waals surface area contributed by atoms with E-state index in [1.807, 2.05) is 29.6 Å². The van der Waals surface area contributed by atoms with E-state index in [4.69, 9.17) is 16.3 Å². The number of thioether (sulfide) groups is 1. The van der Waals surface area contributed by atoms with E-state index in [1.54, 1.807) is 6.92 Å². The van der Waals surface area contributed by atoms with E-state index in [2.05, 4.69) is 31.0 Å². The van der Waals surface area contributed by atoms with E-state index >= 15 is 0 Å². The minimum absolute atomic E-state index is 0.0690. The van der Waals surface area contributed by atoms with Crippen LogP contribution in [-0.4, -0.2) is 32.1 Å². The molecule has 1 atom stereocenters. The third-order valence-corrected chi connectivity index (χ3v) is 4.78. The molecule has 0 aliphatic carbocycles. The van der Waals surface area contributed by atoms with Crippen molar-refractivity contribution in [3.63, 3.8) is 0 Å². The summed E-state index contributed by atoms with van der Waals surface area (Å²) >= 11 is 1.06. The number of imide groups is 1. The number of rotatable bonds is 6. The molecule has 0 unspecified atom stereocenters. The SMILES string of the molecule is C[C@@H](Sc1nnc(COc2ccc(C(C)(C)C)cc2)n1N)C(=O)NC(N)=O. The number of carbonyl (C=O) groups excluding carboxylic acids is 2. The lowest BCUT2D eigenvalue weighted by atomic mass is 9.87. The highest BCUT2D eigenvalue weighted by Gasteiger charge is 2.20. The van der Waals surface area contributed by atoms with Crippen LogP contribution in [0.3, 0.4) is 0 Å². The van der Waals surface area contributed by atoms with Crippen molar-refractivity contribution >= 4 is 23.7 Å². The first-order valence-electron chi connectivity index (χ1n) is 8.27. The number of aromatic nitrogens is 3. The van der Waals surface area contributed by atoms with Gasteiger partial charge in [0.2, 0.25) is 11.1 Å². The molecule has 9 nitrogen and oxygen atoms in total. The van der Waals surface area contributed by atoms with Gasteiger partial charge < -0.3 is 16.3 Å². The molecule has 2 rings (SSSR count). The van der Waals surface area contributed by atoms with Crippen LogP contribution in [0.15, 0.2) is 29.4 Å². The molecular weight excluding hydrogens is 368 g/mol.